The average Bonchev–Trinajstić information content (AvgIpc) is 3.03. The van der Waals surface area contributed by atoms with Crippen LogP contribution in [0.4, 0.5) is 0 Å². The van der Waals surface area contributed by atoms with Gasteiger partial charge in [0, 0.05) is 29.7 Å². The predicted molar refractivity (Wildman–Crippen MR) is 108 cm³/mol. The molecular formula is C20H18ClN3O2S. The number of primary amides is 1. The minimum atomic E-state index is -0.489. The van der Waals surface area contributed by atoms with E-state index >= 15 is 0 Å². The molecule has 0 saturated carbocycles. The van der Waals surface area contributed by atoms with Gasteiger partial charge in [0.05, 0.1) is 5.69 Å². The van der Waals surface area contributed by atoms with E-state index < -0.39 is 5.91 Å². The lowest BCUT2D eigenvalue weighted by molar-refractivity contribution is 0.0789. The van der Waals surface area contributed by atoms with Crippen molar-refractivity contribution in [2.75, 3.05) is 7.05 Å². The third kappa shape index (κ3) is 4.35. The van der Waals surface area contributed by atoms with Gasteiger partial charge >= 0.3 is 0 Å². The van der Waals surface area contributed by atoms with Crippen LogP contribution in [0.25, 0.3) is 10.6 Å². The number of halogens is 1. The summed E-state index contributed by atoms with van der Waals surface area (Å²) in [4.78, 5) is 30.9. The fourth-order valence-electron chi connectivity index (χ4n) is 2.65. The summed E-state index contributed by atoms with van der Waals surface area (Å²) in [5.41, 5.74) is 8.18. The quantitative estimate of drug-likeness (QED) is 0.700. The van der Waals surface area contributed by atoms with Gasteiger partial charge in [-0.15, -0.1) is 11.3 Å². The lowest BCUT2D eigenvalue weighted by Gasteiger charge is -2.17. The van der Waals surface area contributed by atoms with E-state index in [1.807, 2.05) is 25.1 Å². The molecule has 0 atom stereocenters. The standard InChI is InChI=1S/C20H18ClN3O2S/c1-12-17(27-19(23-12)14-6-8-16(21)9-7-14)20(26)24(2)11-13-4-3-5-15(10-13)18(22)25/h3-10H,11H2,1-2H3,(H2,22,25). The minimum Gasteiger partial charge on any atom is -0.366 e. The number of nitrogens with two attached hydrogens (primary N) is 1. The number of hydrogen-bond acceptors (Lipinski definition) is 4. The summed E-state index contributed by atoms with van der Waals surface area (Å²) in [7, 11) is 1.72. The van der Waals surface area contributed by atoms with E-state index in [4.69, 9.17) is 17.3 Å². The van der Waals surface area contributed by atoms with Crippen LogP contribution in [-0.4, -0.2) is 28.7 Å². The average molecular weight is 400 g/mol. The SMILES string of the molecule is Cc1nc(-c2ccc(Cl)cc2)sc1C(=O)N(C)Cc1cccc(C(N)=O)c1. The van der Waals surface area contributed by atoms with Crippen LogP contribution in [0.1, 0.15) is 31.3 Å². The first-order valence-corrected chi connectivity index (χ1v) is 9.42. The molecule has 138 valence electrons. The third-order valence-corrected chi connectivity index (χ3v) is 5.51. The molecule has 2 aromatic carbocycles. The maximum atomic E-state index is 12.9. The Kier molecular flexibility index (Phi) is 5.58. The van der Waals surface area contributed by atoms with Gasteiger partial charge in [-0.05, 0) is 36.8 Å². The Balaban J connectivity index is 1.80. The highest BCUT2D eigenvalue weighted by atomic mass is 35.5. The second-order valence-corrected chi connectivity index (χ2v) is 7.60. The summed E-state index contributed by atoms with van der Waals surface area (Å²) < 4.78 is 0. The van der Waals surface area contributed by atoms with E-state index in [-0.39, 0.29) is 5.91 Å². The van der Waals surface area contributed by atoms with Crippen LogP contribution in [0, 0.1) is 6.92 Å². The largest absolute Gasteiger partial charge is 0.366 e. The monoisotopic (exact) mass is 399 g/mol. The van der Waals surface area contributed by atoms with Gasteiger partial charge in [0.15, 0.2) is 0 Å². The van der Waals surface area contributed by atoms with E-state index in [0.29, 0.717) is 27.7 Å². The molecule has 3 rings (SSSR count). The first-order valence-electron chi connectivity index (χ1n) is 8.22. The minimum absolute atomic E-state index is 0.116. The molecule has 0 saturated heterocycles. The number of benzene rings is 2. The van der Waals surface area contributed by atoms with Crippen LogP contribution in [-0.2, 0) is 6.54 Å². The Bertz CT molecular complexity index is 999. The van der Waals surface area contributed by atoms with Crippen LogP contribution in [0.2, 0.25) is 5.02 Å². The Morgan fingerprint density at radius 3 is 2.56 bits per heavy atom. The van der Waals surface area contributed by atoms with Gasteiger partial charge in [-0.25, -0.2) is 4.98 Å². The Morgan fingerprint density at radius 1 is 1.19 bits per heavy atom. The highest BCUT2D eigenvalue weighted by Crippen LogP contribution is 2.29. The van der Waals surface area contributed by atoms with E-state index in [1.54, 1.807) is 42.3 Å². The van der Waals surface area contributed by atoms with Gasteiger partial charge in [0.1, 0.15) is 9.88 Å². The summed E-state index contributed by atoms with van der Waals surface area (Å²) >= 11 is 7.28. The molecule has 5 nitrogen and oxygen atoms in total. The molecule has 0 fully saturated rings. The molecule has 1 heterocycles. The van der Waals surface area contributed by atoms with Crippen molar-refractivity contribution in [3.05, 3.63) is 75.3 Å². The third-order valence-electron chi connectivity index (χ3n) is 4.06. The molecule has 0 unspecified atom stereocenters. The van der Waals surface area contributed by atoms with E-state index in [0.717, 1.165) is 16.1 Å². The fourth-order valence-corrected chi connectivity index (χ4v) is 3.85. The Morgan fingerprint density at radius 2 is 1.89 bits per heavy atom. The van der Waals surface area contributed by atoms with Gasteiger partial charge < -0.3 is 10.6 Å². The maximum Gasteiger partial charge on any atom is 0.265 e. The van der Waals surface area contributed by atoms with E-state index in [2.05, 4.69) is 4.98 Å². The molecule has 2 N–H and O–H groups in total. The molecule has 2 amide bonds. The number of aryl methyl sites for hydroxylation is 1. The molecule has 7 heteroatoms. The zero-order chi connectivity index (χ0) is 19.6. The molecule has 0 bridgehead atoms. The zero-order valence-corrected chi connectivity index (χ0v) is 16.5. The zero-order valence-electron chi connectivity index (χ0n) is 14.9. The smallest absolute Gasteiger partial charge is 0.265 e. The van der Waals surface area contributed by atoms with Gasteiger partial charge in [0.2, 0.25) is 5.91 Å². The number of carbonyl (C=O) groups excluding carboxylic acids is 2. The number of amides is 2. The number of hydrogen-bond donors (Lipinski definition) is 1. The van der Waals surface area contributed by atoms with Crippen molar-refractivity contribution in [1.29, 1.82) is 0 Å². The van der Waals surface area contributed by atoms with Crippen LogP contribution < -0.4 is 5.73 Å². The van der Waals surface area contributed by atoms with Crippen LogP contribution >= 0.6 is 22.9 Å². The molecule has 3 aromatic rings. The molecule has 0 aliphatic rings. The van der Waals surface area contributed by atoms with E-state index in [1.165, 1.54) is 11.3 Å². The molecule has 27 heavy (non-hydrogen) atoms. The Labute approximate surface area is 166 Å². The summed E-state index contributed by atoms with van der Waals surface area (Å²) in [6.07, 6.45) is 0. The van der Waals surface area contributed by atoms with Crippen LogP contribution in [0.15, 0.2) is 48.5 Å². The topological polar surface area (TPSA) is 76.3 Å². The number of nitrogens with zero attached hydrogens (tertiary/aromatic N) is 2. The number of rotatable bonds is 5. The normalized spacial score (nSPS) is 10.6. The van der Waals surface area contributed by atoms with Crippen LogP contribution in [0.3, 0.4) is 0 Å². The number of carbonyl (C=O) groups is 2. The molecule has 0 radical (unpaired) electrons. The summed E-state index contributed by atoms with van der Waals surface area (Å²) in [6, 6.07) is 14.3. The molecule has 0 aliphatic carbocycles. The van der Waals surface area contributed by atoms with Crippen LogP contribution in [0.5, 0.6) is 0 Å². The predicted octanol–water partition coefficient (Wildman–Crippen LogP) is 4.14. The van der Waals surface area contributed by atoms with Gasteiger partial charge in [-0.2, -0.15) is 0 Å². The van der Waals surface area contributed by atoms with Crippen molar-refractivity contribution >= 4 is 34.8 Å². The van der Waals surface area contributed by atoms with Gasteiger partial charge in [-0.1, -0.05) is 35.9 Å². The summed E-state index contributed by atoms with van der Waals surface area (Å²) in [6.45, 7) is 2.19. The van der Waals surface area contributed by atoms with Crippen molar-refractivity contribution in [2.24, 2.45) is 5.73 Å². The highest BCUT2D eigenvalue weighted by molar-refractivity contribution is 7.17. The Hall–Kier alpha value is -2.70. The lowest BCUT2D eigenvalue weighted by Crippen LogP contribution is -2.26. The number of aromatic nitrogens is 1. The molecular weight excluding hydrogens is 382 g/mol. The van der Waals surface area contributed by atoms with Crippen molar-refractivity contribution in [1.82, 2.24) is 9.88 Å². The summed E-state index contributed by atoms with van der Waals surface area (Å²) in [5.74, 6) is -0.605. The highest BCUT2D eigenvalue weighted by Gasteiger charge is 2.20. The second-order valence-electron chi connectivity index (χ2n) is 6.17. The summed E-state index contributed by atoms with van der Waals surface area (Å²) in [5, 5.41) is 1.43. The fraction of sp³-hybridized carbons (Fsp3) is 0.150. The van der Waals surface area contributed by atoms with Gasteiger partial charge in [-0.3, -0.25) is 9.59 Å². The molecule has 0 aliphatic heterocycles. The van der Waals surface area contributed by atoms with Crippen molar-refractivity contribution < 1.29 is 9.59 Å². The maximum absolute atomic E-state index is 12.9. The van der Waals surface area contributed by atoms with Crippen molar-refractivity contribution in [3.63, 3.8) is 0 Å². The van der Waals surface area contributed by atoms with Crippen molar-refractivity contribution in [2.45, 2.75) is 13.5 Å². The van der Waals surface area contributed by atoms with E-state index in [9.17, 15) is 9.59 Å². The van der Waals surface area contributed by atoms with Gasteiger partial charge in [0.25, 0.3) is 5.91 Å². The second kappa shape index (κ2) is 7.90. The first-order chi connectivity index (χ1) is 12.8. The first kappa shape index (κ1) is 19.1. The molecule has 0 spiro atoms. The lowest BCUT2D eigenvalue weighted by atomic mass is 10.1. The van der Waals surface area contributed by atoms with Crippen molar-refractivity contribution in [3.8, 4) is 10.6 Å². The number of thiazole rings is 1. The molecule has 1 aromatic heterocycles.